The lowest BCUT2D eigenvalue weighted by molar-refractivity contribution is -0.193. The Kier molecular flexibility index (Phi) is 14.4. The van der Waals surface area contributed by atoms with Crippen LogP contribution in [0.5, 0.6) is 5.88 Å². The molecule has 0 radical (unpaired) electrons. The van der Waals surface area contributed by atoms with Gasteiger partial charge in [0.25, 0.3) is 5.88 Å². The van der Waals surface area contributed by atoms with Crippen LogP contribution < -0.4 is 4.74 Å². The lowest BCUT2D eigenvalue weighted by atomic mass is 10.1. The van der Waals surface area contributed by atoms with E-state index in [0.717, 1.165) is 25.9 Å². The molecule has 2 aromatic heterocycles. The van der Waals surface area contributed by atoms with Gasteiger partial charge < -0.3 is 24.8 Å². The molecule has 3 heterocycles. The van der Waals surface area contributed by atoms with Crippen molar-refractivity contribution in [3.63, 3.8) is 0 Å². The van der Waals surface area contributed by atoms with Crippen molar-refractivity contribution in [1.82, 2.24) is 14.9 Å². The van der Waals surface area contributed by atoms with E-state index >= 15 is 0 Å². The van der Waals surface area contributed by atoms with E-state index in [9.17, 15) is 43.9 Å². The quantitative estimate of drug-likeness (QED) is 0.398. The van der Waals surface area contributed by atoms with Crippen molar-refractivity contribution in [3.8, 4) is 5.88 Å². The average Bonchev–Trinajstić information content (AvgIpc) is 3.34. The number of pyridine rings is 2. The van der Waals surface area contributed by atoms with E-state index in [1.807, 2.05) is 12.3 Å². The van der Waals surface area contributed by atoms with Gasteiger partial charge in [0.05, 0.1) is 6.61 Å². The molecule has 0 amide bonds. The summed E-state index contributed by atoms with van der Waals surface area (Å²) in [6.07, 6.45) is -8.41. The van der Waals surface area contributed by atoms with Gasteiger partial charge in [0.15, 0.2) is 5.82 Å². The second-order valence-corrected chi connectivity index (χ2v) is 8.67. The van der Waals surface area contributed by atoms with Crippen LogP contribution in [0, 0.1) is 5.82 Å². The van der Waals surface area contributed by atoms with Gasteiger partial charge in [-0.05, 0) is 36.6 Å². The molecule has 1 aliphatic heterocycles. The Labute approximate surface area is 246 Å². The van der Waals surface area contributed by atoms with E-state index < -0.39 is 42.3 Å². The number of aliphatic carboxylic acids is 3. The normalized spacial score (nSPS) is 19.6. The standard InChI is InChI=1S/C18H20FN3O2.3C2HF3O2/c19-14-4-2-8-21-18(14)24-16-6-5-15-17(16)23-10-9-22(15)12-13-3-1-7-20-11-13;3*3-2(4,5)1(6)7/h1-4,7-8,11,15-17H,5-6,9-10,12H2;3*(H,6,7)/t15-,16-,17+;;;/m0.../s1. The minimum atomic E-state index is -5.08. The molecule has 11 nitrogen and oxygen atoms in total. The third kappa shape index (κ3) is 13.9. The fourth-order valence-corrected chi connectivity index (χ4v) is 3.64. The number of hydrogen-bond donors (Lipinski definition) is 3. The number of halogens is 10. The molecule has 1 saturated heterocycles. The fourth-order valence-electron chi connectivity index (χ4n) is 3.64. The van der Waals surface area contributed by atoms with E-state index in [1.54, 1.807) is 18.5 Å². The molecule has 0 unspecified atom stereocenters. The van der Waals surface area contributed by atoms with Crippen LogP contribution in [-0.4, -0.2) is 98.0 Å². The number of carboxylic acids is 3. The van der Waals surface area contributed by atoms with Crippen molar-refractivity contribution < 1.29 is 83.1 Å². The summed E-state index contributed by atoms with van der Waals surface area (Å²) < 4.78 is 121. The topological polar surface area (TPSA) is 159 Å². The summed E-state index contributed by atoms with van der Waals surface area (Å²) in [5.41, 5.74) is 1.19. The Morgan fingerprint density at radius 2 is 1.38 bits per heavy atom. The fraction of sp³-hybridized carbons (Fsp3) is 0.458. The third-order valence-electron chi connectivity index (χ3n) is 5.47. The maximum atomic E-state index is 13.8. The zero-order valence-electron chi connectivity index (χ0n) is 22.3. The Balaban J connectivity index is 0.000000396. The van der Waals surface area contributed by atoms with Crippen molar-refractivity contribution in [2.75, 3.05) is 13.2 Å². The van der Waals surface area contributed by atoms with E-state index in [-0.39, 0.29) is 24.1 Å². The van der Waals surface area contributed by atoms with Gasteiger partial charge in [0.2, 0.25) is 0 Å². The third-order valence-corrected chi connectivity index (χ3v) is 5.47. The number of rotatable bonds is 4. The zero-order valence-corrected chi connectivity index (χ0v) is 22.3. The number of hydrogen-bond acceptors (Lipinski definition) is 8. The Morgan fingerprint density at radius 1 is 0.867 bits per heavy atom. The van der Waals surface area contributed by atoms with E-state index in [1.165, 1.54) is 11.6 Å². The highest BCUT2D eigenvalue weighted by atomic mass is 19.4. The first-order chi connectivity index (χ1) is 20.6. The molecule has 0 bridgehead atoms. The molecular formula is C24H23F10N3O8. The number of carbonyl (C=O) groups is 3. The minimum absolute atomic E-state index is 0.0446. The molecule has 2 fully saturated rings. The van der Waals surface area contributed by atoms with Gasteiger partial charge in [-0.3, -0.25) is 9.88 Å². The Bertz CT molecular complexity index is 1190. The molecule has 2 aliphatic rings. The first kappa shape index (κ1) is 38.8. The number of morpholine rings is 1. The van der Waals surface area contributed by atoms with Crippen molar-refractivity contribution >= 4 is 17.9 Å². The summed E-state index contributed by atoms with van der Waals surface area (Å²) in [5, 5.41) is 21.4. The number of ether oxygens (including phenoxy) is 2. The smallest absolute Gasteiger partial charge is 0.475 e. The molecule has 45 heavy (non-hydrogen) atoms. The van der Waals surface area contributed by atoms with Gasteiger partial charge in [-0.2, -0.15) is 39.5 Å². The van der Waals surface area contributed by atoms with Gasteiger partial charge in [0, 0.05) is 37.7 Å². The Morgan fingerprint density at radius 3 is 1.82 bits per heavy atom. The van der Waals surface area contributed by atoms with Gasteiger partial charge in [-0.15, -0.1) is 0 Å². The molecular weight excluding hydrogens is 648 g/mol. The number of alkyl halides is 9. The maximum absolute atomic E-state index is 13.8. The SMILES string of the molecule is Fc1cccnc1O[C@H]1CC[C@H]2[C@H]1OCCN2Cc1cccnc1.O=C(O)C(F)(F)F.O=C(O)C(F)(F)F.O=C(O)C(F)(F)F. The number of fused-ring (bicyclic) bond motifs is 1. The summed E-state index contributed by atoms with van der Waals surface area (Å²) in [6.45, 7) is 2.40. The van der Waals surface area contributed by atoms with Gasteiger partial charge in [0.1, 0.15) is 12.2 Å². The summed E-state index contributed by atoms with van der Waals surface area (Å²) in [4.78, 5) is 37.3. The molecule has 2 aromatic rings. The number of aromatic nitrogens is 2. The summed E-state index contributed by atoms with van der Waals surface area (Å²) in [7, 11) is 0. The predicted molar refractivity (Wildman–Crippen MR) is 127 cm³/mol. The monoisotopic (exact) mass is 671 g/mol. The second kappa shape index (κ2) is 16.7. The molecule has 3 N–H and O–H groups in total. The van der Waals surface area contributed by atoms with Crippen LogP contribution in [0.4, 0.5) is 43.9 Å². The van der Waals surface area contributed by atoms with Crippen LogP contribution >= 0.6 is 0 Å². The lowest BCUT2D eigenvalue weighted by Crippen LogP contribution is -2.51. The van der Waals surface area contributed by atoms with Crippen molar-refractivity contribution in [2.24, 2.45) is 0 Å². The maximum Gasteiger partial charge on any atom is 0.490 e. The summed E-state index contributed by atoms with van der Waals surface area (Å²) in [5.74, 6) is -8.63. The average molecular weight is 671 g/mol. The van der Waals surface area contributed by atoms with Crippen molar-refractivity contribution in [1.29, 1.82) is 0 Å². The molecule has 252 valence electrons. The van der Waals surface area contributed by atoms with Crippen LogP contribution in [0.1, 0.15) is 18.4 Å². The second-order valence-electron chi connectivity index (χ2n) is 8.67. The van der Waals surface area contributed by atoms with Crippen LogP contribution in [0.2, 0.25) is 0 Å². The number of carboxylic acid groups (broad SMARTS) is 3. The molecule has 4 rings (SSSR count). The highest BCUT2D eigenvalue weighted by molar-refractivity contribution is 5.73. The molecule has 21 heteroatoms. The zero-order chi connectivity index (χ0) is 34.6. The predicted octanol–water partition coefficient (Wildman–Crippen LogP) is 4.33. The Hall–Kier alpha value is -4.27. The van der Waals surface area contributed by atoms with Gasteiger partial charge >= 0.3 is 36.4 Å². The van der Waals surface area contributed by atoms with Gasteiger partial charge in [-0.25, -0.2) is 23.8 Å². The highest BCUT2D eigenvalue weighted by Gasteiger charge is 2.44. The largest absolute Gasteiger partial charge is 0.490 e. The van der Waals surface area contributed by atoms with Crippen molar-refractivity contribution in [3.05, 3.63) is 54.2 Å². The van der Waals surface area contributed by atoms with Crippen LogP contribution in [0.3, 0.4) is 0 Å². The minimum Gasteiger partial charge on any atom is -0.475 e. The summed E-state index contributed by atoms with van der Waals surface area (Å²) >= 11 is 0. The molecule has 3 atom stereocenters. The molecule has 0 spiro atoms. The molecule has 0 aromatic carbocycles. The molecule has 1 saturated carbocycles. The molecule has 1 aliphatic carbocycles. The first-order valence-electron chi connectivity index (χ1n) is 12.1. The lowest BCUT2D eigenvalue weighted by Gasteiger charge is -2.38. The van der Waals surface area contributed by atoms with Crippen LogP contribution in [0.25, 0.3) is 0 Å². The van der Waals surface area contributed by atoms with E-state index in [0.29, 0.717) is 6.61 Å². The highest BCUT2D eigenvalue weighted by Crippen LogP contribution is 2.33. The number of nitrogens with zero attached hydrogens (tertiary/aromatic N) is 3. The van der Waals surface area contributed by atoms with Gasteiger partial charge in [-0.1, -0.05) is 6.07 Å². The van der Waals surface area contributed by atoms with Crippen LogP contribution in [0.15, 0.2) is 42.9 Å². The first-order valence-corrected chi connectivity index (χ1v) is 12.1. The summed E-state index contributed by atoms with van der Waals surface area (Å²) in [6, 6.07) is 7.26. The van der Waals surface area contributed by atoms with E-state index in [2.05, 4.69) is 20.9 Å². The van der Waals surface area contributed by atoms with Crippen molar-refractivity contribution in [2.45, 2.75) is 56.2 Å². The van der Waals surface area contributed by atoms with Crippen LogP contribution in [-0.2, 0) is 25.7 Å². The van der Waals surface area contributed by atoms with E-state index in [4.69, 9.17) is 39.2 Å².